The molecule has 0 spiro atoms. The first-order chi connectivity index (χ1) is 13.2. The van der Waals surface area contributed by atoms with E-state index in [0.717, 1.165) is 27.5 Å². The molecule has 0 saturated carbocycles. The Morgan fingerprint density at radius 1 is 0.926 bits per heavy atom. The van der Waals surface area contributed by atoms with Gasteiger partial charge in [0.15, 0.2) is 5.13 Å². The van der Waals surface area contributed by atoms with E-state index in [1.165, 1.54) is 16.9 Å². The van der Waals surface area contributed by atoms with Gasteiger partial charge in [-0.2, -0.15) is 0 Å². The minimum atomic E-state index is -0.107. The molecule has 4 aromatic rings. The summed E-state index contributed by atoms with van der Waals surface area (Å²) < 4.78 is 0. The summed E-state index contributed by atoms with van der Waals surface area (Å²) in [5.41, 5.74) is 4.96. The van der Waals surface area contributed by atoms with Gasteiger partial charge in [0, 0.05) is 21.9 Å². The summed E-state index contributed by atoms with van der Waals surface area (Å²) >= 11 is 2.98. The van der Waals surface area contributed by atoms with Crippen LogP contribution in [0.5, 0.6) is 0 Å². The standard InChI is InChI=1S/C21H17N3OS2/c1-14-7-9-15(10-8-14)18-13-27-21(23-18)24-19(25)11-17-12-26-20(22-17)16-5-3-2-4-6-16/h2-10,12-13H,11H2,1H3,(H,23,24,25). The number of hydrogen-bond acceptors (Lipinski definition) is 5. The predicted molar refractivity (Wildman–Crippen MR) is 112 cm³/mol. The van der Waals surface area contributed by atoms with Crippen molar-refractivity contribution in [1.29, 1.82) is 0 Å². The number of thiazole rings is 2. The van der Waals surface area contributed by atoms with Gasteiger partial charge in [-0.3, -0.25) is 4.79 Å². The molecule has 1 N–H and O–H groups in total. The van der Waals surface area contributed by atoms with Crippen molar-refractivity contribution in [3.63, 3.8) is 0 Å². The molecule has 2 aromatic heterocycles. The number of carbonyl (C=O) groups excluding carboxylic acids is 1. The Hall–Kier alpha value is -2.83. The van der Waals surface area contributed by atoms with Crippen LogP contribution in [-0.4, -0.2) is 15.9 Å². The second kappa shape index (κ2) is 7.82. The highest BCUT2D eigenvalue weighted by Crippen LogP contribution is 2.26. The molecular weight excluding hydrogens is 374 g/mol. The topological polar surface area (TPSA) is 54.9 Å². The smallest absolute Gasteiger partial charge is 0.232 e. The lowest BCUT2D eigenvalue weighted by molar-refractivity contribution is -0.115. The van der Waals surface area contributed by atoms with Crippen molar-refractivity contribution in [2.45, 2.75) is 13.3 Å². The van der Waals surface area contributed by atoms with Crippen molar-refractivity contribution < 1.29 is 4.79 Å². The molecule has 27 heavy (non-hydrogen) atoms. The fourth-order valence-electron chi connectivity index (χ4n) is 2.62. The Morgan fingerprint density at radius 2 is 1.70 bits per heavy atom. The van der Waals surface area contributed by atoms with Crippen LogP contribution < -0.4 is 5.32 Å². The molecule has 0 saturated heterocycles. The third kappa shape index (κ3) is 4.30. The zero-order valence-corrected chi connectivity index (χ0v) is 16.3. The summed E-state index contributed by atoms with van der Waals surface area (Å²) in [5, 5.41) is 8.29. The van der Waals surface area contributed by atoms with E-state index in [9.17, 15) is 4.79 Å². The Bertz CT molecular complexity index is 1050. The van der Waals surface area contributed by atoms with Crippen LogP contribution in [0.2, 0.25) is 0 Å². The van der Waals surface area contributed by atoms with Gasteiger partial charge in [-0.25, -0.2) is 9.97 Å². The Labute approximate surface area is 165 Å². The molecule has 0 aliphatic rings. The average molecular weight is 392 g/mol. The molecule has 2 aromatic carbocycles. The molecule has 134 valence electrons. The van der Waals surface area contributed by atoms with E-state index < -0.39 is 0 Å². The van der Waals surface area contributed by atoms with E-state index in [1.54, 1.807) is 11.3 Å². The van der Waals surface area contributed by atoms with Crippen LogP contribution >= 0.6 is 22.7 Å². The molecule has 6 heteroatoms. The lowest BCUT2D eigenvalue weighted by Crippen LogP contribution is -2.14. The summed E-state index contributed by atoms with van der Waals surface area (Å²) in [5.74, 6) is -0.107. The molecule has 4 rings (SSSR count). The van der Waals surface area contributed by atoms with Crippen LogP contribution in [0, 0.1) is 6.92 Å². The number of nitrogens with zero attached hydrogens (tertiary/aromatic N) is 2. The van der Waals surface area contributed by atoms with Gasteiger partial charge in [0.05, 0.1) is 17.8 Å². The second-order valence-electron chi connectivity index (χ2n) is 6.14. The summed E-state index contributed by atoms with van der Waals surface area (Å²) in [4.78, 5) is 21.4. The highest BCUT2D eigenvalue weighted by Gasteiger charge is 2.11. The number of aryl methyl sites for hydroxylation is 1. The second-order valence-corrected chi connectivity index (χ2v) is 7.86. The fraction of sp³-hybridized carbons (Fsp3) is 0.0952. The van der Waals surface area contributed by atoms with Crippen molar-refractivity contribution >= 4 is 33.7 Å². The van der Waals surface area contributed by atoms with Crippen LogP contribution in [-0.2, 0) is 11.2 Å². The van der Waals surface area contributed by atoms with E-state index >= 15 is 0 Å². The summed E-state index contributed by atoms with van der Waals surface area (Å²) in [6.07, 6.45) is 0.239. The monoisotopic (exact) mass is 391 g/mol. The van der Waals surface area contributed by atoms with Gasteiger partial charge in [-0.05, 0) is 6.92 Å². The van der Waals surface area contributed by atoms with Crippen molar-refractivity contribution in [3.05, 3.63) is 76.6 Å². The number of benzene rings is 2. The molecule has 0 aliphatic carbocycles. The zero-order chi connectivity index (χ0) is 18.6. The van der Waals surface area contributed by atoms with Crippen LogP contribution in [0.3, 0.4) is 0 Å². The van der Waals surface area contributed by atoms with E-state index in [4.69, 9.17) is 0 Å². The van der Waals surface area contributed by atoms with Crippen molar-refractivity contribution in [2.75, 3.05) is 5.32 Å². The first kappa shape index (κ1) is 17.6. The van der Waals surface area contributed by atoms with E-state index in [0.29, 0.717) is 5.13 Å². The van der Waals surface area contributed by atoms with Gasteiger partial charge >= 0.3 is 0 Å². The fourth-order valence-corrected chi connectivity index (χ4v) is 4.18. The number of carbonyl (C=O) groups is 1. The molecule has 0 bridgehead atoms. The molecule has 0 fully saturated rings. The number of anilines is 1. The van der Waals surface area contributed by atoms with Crippen LogP contribution in [0.4, 0.5) is 5.13 Å². The minimum absolute atomic E-state index is 0.107. The van der Waals surface area contributed by atoms with E-state index in [-0.39, 0.29) is 12.3 Å². The third-order valence-electron chi connectivity index (χ3n) is 4.01. The highest BCUT2D eigenvalue weighted by atomic mass is 32.1. The predicted octanol–water partition coefficient (Wildman–Crippen LogP) is 5.42. The number of hydrogen-bond donors (Lipinski definition) is 1. The van der Waals surface area contributed by atoms with Crippen molar-refractivity contribution in [1.82, 2.24) is 9.97 Å². The molecule has 4 nitrogen and oxygen atoms in total. The summed E-state index contributed by atoms with van der Waals surface area (Å²) in [6, 6.07) is 18.2. The number of aromatic nitrogens is 2. The average Bonchev–Trinajstić information content (AvgIpc) is 3.33. The van der Waals surface area contributed by atoms with Gasteiger partial charge in [0.1, 0.15) is 5.01 Å². The molecule has 1 amide bonds. The van der Waals surface area contributed by atoms with Crippen LogP contribution in [0.25, 0.3) is 21.8 Å². The molecular formula is C21H17N3OS2. The van der Waals surface area contributed by atoms with Gasteiger partial charge in [0.25, 0.3) is 0 Å². The first-order valence-corrected chi connectivity index (χ1v) is 10.3. The van der Waals surface area contributed by atoms with Crippen molar-refractivity contribution in [3.8, 4) is 21.8 Å². The largest absolute Gasteiger partial charge is 0.302 e. The van der Waals surface area contributed by atoms with Gasteiger partial charge < -0.3 is 5.32 Å². The normalized spacial score (nSPS) is 10.7. The Kier molecular flexibility index (Phi) is 5.09. The molecule has 0 aliphatic heterocycles. The van der Waals surface area contributed by atoms with Gasteiger partial charge in [0.2, 0.25) is 5.91 Å². The van der Waals surface area contributed by atoms with Crippen molar-refractivity contribution in [2.24, 2.45) is 0 Å². The third-order valence-corrected chi connectivity index (χ3v) is 5.71. The molecule has 0 atom stereocenters. The first-order valence-electron chi connectivity index (χ1n) is 8.49. The van der Waals surface area contributed by atoms with Crippen LogP contribution in [0.1, 0.15) is 11.3 Å². The Balaban J connectivity index is 1.40. The molecule has 0 radical (unpaired) electrons. The van der Waals surface area contributed by atoms with E-state index in [1.807, 2.05) is 53.2 Å². The Morgan fingerprint density at radius 3 is 2.48 bits per heavy atom. The molecule has 2 heterocycles. The SMILES string of the molecule is Cc1ccc(-c2csc(NC(=O)Cc3csc(-c4ccccc4)n3)n2)cc1. The maximum absolute atomic E-state index is 12.3. The number of rotatable bonds is 5. The maximum atomic E-state index is 12.3. The molecule has 0 unspecified atom stereocenters. The van der Waals surface area contributed by atoms with Gasteiger partial charge in [-0.1, -0.05) is 60.2 Å². The quantitative estimate of drug-likeness (QED) is 0.494. The number of nitrogens with one attached hydrogen (secondary N) is 1. The lowest BCUT2D eigenvalue weighted by atomic mass is 10.1. The maximum Gasteiger partial charge on any atom is 0.232 e. The zero-order valence-electron chi connectivity index (χ0n) is 14.7. The summed E-state index contributed by atoms with van der Waals surface area (Å²) in [7, 11) is 0. The van der Waals surface area contributed by atoms with Crippen LogP contribution in [0.15, 0.2) is 65.4 Å². The number of amides is 1. The van der Waals surface area contributed by atoms with Gasteiger partial charge in [-0.15, -0.1) is 22.7 Å². The summed E-state index contributed by atoms with van der Waals surface area (Å²) in [6.45, 7) is 2.05. The lowest BCUT2D eigenvalue weighted by Gasteiger charge is -2.00. The highest BCUT2D eigenvalue weighted by molar-refractivity contribution is 7.14. The minimum Gasteiger partial charge on any atom is -0.302 e. The van der Waals surface area contributed by atoms with E-state index in [2.05, 4.69) is 34.3 Å².